The van der Waals surface area contributed by atoms with Gasteiger partial charge in [-0.2, -0.15) is 9.97 Å². The lowest BCUT2D eigenvalue weighted by Crippen LogP contribution is -2.01. The quantitative estimate of drug-likeness (QED) is 0.770. The van der Waals surface area contributed by atoms with Gasteiger partial charge >= 0.3 is 0 Å². The molecule has 0 saturated heterocycles. The highest BCUT2D eigenvalue weighted by atomic mass is 15.1. The van der Waals surface area contributed by atoms with Crippen LogP contribution in [-0.2, 0) is 0 Å². The van der Waals surface area contributed by atoms with E-state index in [4.69, 9.17) is 5.73 Å². The summed E-state index contributed by atoms with van der Waals surface area (Å²) in [6.07, 6.45) is 0. The summed E-state index contributed by atoms with van der Waals surface area (Å²) in [5, 5.41) is 0. The van der Waals surface area contributed by atoms with E-state index in [1.54, 1.807) is 6.92 Å². The standard InChI is InChI=1S/C16H14N4/c1-11-18-15(20-16(17)19-11)14-9-7-13(8-10-14)12-5-3-2-4-6-12/h2-10H,1H3,(H2,17,18,19,20). The summed E-state index contributed by atoms with van der Waals surface area (Å²) in [6.45, 7) is 1.81. The van der Waals surface area contributed by atoms with Crippen molar-refractivity contribution in [3.8, 4) is 22.5 Å². The molecule has 98 valence electrons. The van der Waals surface area contributed by atoms with Gasteiger partial charge in [-0.15, -0.1) is 0 Å². The zero-order chi connectivity index (χ0) is 13.9. The van der Waals surface area contributed by atoms with E-state index < -0.39 is 0 Å². The van der Waals surface area contributed by atoms with E-state index in [2.05, 4.69) is 39.2 Å². The maximum absolute atomic E-state index is 5.66. The zero-order valence-electron chi connectivity index (χ0n) is 11.1. The maximum atomic E-state index is 5.66. The Balaban J connectivity index is 1.97. The molecule has 0 fully saturated rings. The molecule has 0 amide bonds. The van der Waals surface area contributed by atoms with Crippen LogP contribution in [0, 0.1) is 6.92 Å². The fraction of sp³-hybridized carbons (Fsp3) is 0.0625. The van der Waals surface area contributed by atoms with E-state index in [1.807, 2.05) is 30.3 Å². The highest BCUT2D eigenvalue weighted by Gasteiger charge is 2.05. The number of aromatic nitrogens is 3. The third-order valence-corrected chi connectivity index (χ3v) is 3.01. The molecule has 0 aliphatic heterocycles. The van der Waals surface area contributed by atoms with Gasteiger partial charge in [0, 0.05) is 5.56 Å². The minimum absolute atomic E-state index is 0.250. The number of rotatable bonds is 2. The summed E-state index contributed by atoms with van der Waals surface area (Å²) < 4.78 is 0. The molecule has 4 nitrogen and oxygen atoms in total. The van der Waals surface area contributed by atoms with Gasteiger partial charge in [-0.05, 0) is 18.1 Å². The van der Waals surface area contributed by atoms with Crippen LogP contribution in [0.4, 0.5) is 5.95 Å². The van der Waals surface area contributed by atoms with E-state index >= 15 is 0 Å². The Morgan fingerprint density at radius 2 is 1.30 bits per heavy atom. The van der Waals surface area contributed by atoms with Crippen molar-refractivity contribution >= 4 is 5.95 Å². The molecule has 4 heteroatoms. The summed E-state index contributed by atoms with van der Waals surface area (Å²) in [4.78, 5) is 12.4. The first kappa shape index (κ1) is 12.3. The van der Waals surface area contributed by atoms with Gasteiger partial charge in [0.1, 0.15) is 5.82 Å². The fourth-order valence-electron chi connectivity index (χ4n) is 2.07. The monoisotopic (exact) mass is 262 g/mol. The molecule has 0 aliphatic carbocycles. The normalized spacial score (nSPS) is 10.4. The molecule has 2 aromatic carbocycles. The smallest absolute Gasteiger partial charge is 0.223 e. The van der Waals surface area contributed by atoms with Crippen molar-refractivity contribution in [2.45, 2.75) is 6.92 Å². The Hall–Kier alpha value is -2.75. The van der Waals surface area contributed by atoms with Crippen molar-refractivity contribution in [3.63, 3.8) is 0 Å². The summed E-state index contributed by atoms with van der Waals surface area (Å²) in [5.74, 6) is 1.48. The van der Waals surface area contributed by atoms with Crippen LogP contribution < -0.4 is 5.73 Å². The summed E-state index contributed by atoms with van der Waals surface area (Å²) >= 11 is 0. The van der Waals surface area contributed by atoms with Crippen LogP contribution in [0.25, 0.3) is 22.5 Å². The number of anilines is 1. The van der Waals surface area contributed by atoms with E-state index in [1.165, 1.54) is 5.56 Å². The number of nitrogen functional groups attached to an aromatic ring is 1. The van der Waals surface area contributed by atoms with Gasteiger partial charge in [0.2, 0.25) is 5.95 Å². The number of benzene rings is 2. The molecule has 0 aliphatic rings. The predicted octanol–water partition coefficient (Wildman–Crippen LogP) is 3.10. The largest absolute Gasteiger partial charge is 0.368 e. The average Bonchev–Trinajstić information content (AvgIpc) is 2.47. The minimum atomic E-state index is 0.250. The van der Waals surface area contributed by atoms with E-state index in [0.29, 0.717) is 11.6 Å². The summed E-state index contributed by atoms with van der Waals surface area (Å²) in [5.41, 5.74) is 8.93. The molecule has 0 saturated carbocycles. The first-order valence-electron chi connectivity index (χ1n) is 6.36. The predicted molar refractivity (Wildman–Crippen MR) is 79.8 cm³/mol. The van der Waals surface area contributed by atoms with Crippen molar-refractivity contribution in [2.24, 2.45) is 0 Å². The summed E-state index contributed by atoms with van der Waals surface area (Å²) in [6, 6.07) is 18.3. The Bertz CT molecular complexity index is 701. The third-order valence-electron chi connectivity index (χ3n) is 3.01. The number of hydrogen-bond donors (Lipinski definition) is 1. The van der Waals surface area contributed by atoms with Crippen LogP contribution in [0.15, 0.2) is 54.6 Å². The van der Waals surface area contributed by atoms with Gasteiger partial charge in [-0.1, -0.05) is 54.6 Å². The van der Waals surface area contributed by atoms with Crippen LogP contribution in [0.2, 0.25) is 0 Å². The van der Waals surface area contributed by atoms with Crippen molar-refractivity contribution in [2.75, 3.05) is 5.73 Å². The molecule has 3 aromatic rings. The second kappa shape index (κ2) is 5.09. The van der Waals surface area contributed by atoms with Gasteiger partial charge in [0.15, 0.2) is 5.82 Å². The fourth-order valence-corrected chi connectivity index (χ4v) is 2.07. The minimum Gasteiger partial charge on any atom is -0.368 e. The van der Waals surface area contributed by atoms with E-state index in [0.717, 1.165) is 11.1 Å². The Morgan fingerprint density at radius 1 is 0.700 bits per heavy atom. The topological polar surface area (TPSA) is 64.7 Å². The van der Waals surface area contributed by atoms with Crippen LogP contribution in [-0.4, -0.2) is 15.0 Å². The molecular weight excluding hydrogens is 248 g/mol. The molecule has 3 rings (SSSR count). The molecule has 20 heavy (non-hydrogen) atoms. The Morgan fingerprint density at radius 3 is 1.95 bits per heavy atom. The SMILES string of the molecule is Cc1nc(N)nc(-c2ccc(-c3ccccc3)cc2)n1. The number of aryl methyl sites for hydroxylation is 1. The van der Waals surface area contributed by atoms with Gasteiger partial charge in [0.05, 0.1) is 0 Å². The lowest BCUT2D eigenvalue weighted by molar-refractivity contribution is 0.997. The number of nitrogens with zero attached hydrogens (tertiary/aromatic N) is 3. The Labute approximate surface area is 117 Å². The van der Waals surface area contributed by atoms with Gasteiger partial charge in [-0.3, -0.25) is 0 Å². The molecule has 1 aromatic heterocycles. The van der Waals surface area contributed by atoms with Crippen molar-refractivity contribution in [3.05, 3.63) is 60.4 Å². The van der Waals surface area contributed by atoms with Crippen molar-refractivity contribution < 1.29 is 0 Å². The third kappa shape index (κ3) is 2.49. The first-order valence-corrected chi connectivity index (χ1v) is 6.36. The van der Waals surface area contributed by atoms with E-state index in [-0.39, 0.29) is 5.95 Å². The van der Waals surface area contributed by atoms with Gasteiger partial charge < -0.3 is 5.73 Å². The maximum Gasteiger partial charge on any atom is 0.223 e. The molecule has 0 unspecified atom stereocenters. The Kier molecular flexibility index (Phi) is 3.13. The van der Waals surface area contributed by atoms with Crippen molar-refractivity contribution in [1.29, 1.82) is 0 Å². The van der Waals surface area contributed by atoms with Crippen LogP contribution in [0.5, 0.6) is 0 Å². The molecule has 1 heterocycles. The lowest BCUT2D eigenvalue weighted by Gasteiger charge is -2.05. The average molecular weight is 262 g/mol. The molecule has 0 spiro atoms. The van der Waals surface area contributed by atoms with Crippen molar-refractivity contribution in [1.82, 2.24) is 15.0 Å². The van der Waals surface area contributed by atoms with Gasteiger partial charge in [0.25, 0.3) is 0 Å². The summed E-state index contributed by atoms with van der Waals surface area (Å²) in [7, 11) is 0. The van der Waals surface area contributed by atoms with E-state index in [9.17, 15) is 0 Å². The number of hydrogen-bond acceptors (Lipinski definition) is 4. The highest BCUT2D eigenvalue weighted by Crippen LogP contribution is 2.23. The van der Waals surface area contributed by atoms with Gasteiger partial charge in [-0.25, -0.2) is 4.98 Å². The second-order valence-corrected chi connectivity index (χ2v) is 4.51. The molecule has 0 atom stereocenters. The van der Waals surface area contributed by atoms with Crippen LogP contribution in [0.1, 0.15) is 5.82 Å². The molecule has 2 N–H and O–H groups in total. The molecular formula is C16H14N4. The second-order valence-electron chi connectivity index (χ2n) is 4.51. The van der Waals surface area contributed by atoms with Crippen LogP contribution >= 0.6 is 0 Å². The molecule has 0 radical (unpaired) electrons. The zero-order valence-corrected chi connectivity index (χ0v) is 11.1. The lowest BCUT2D eigenvalue weighted by atomic mass is 10.0. The van der Waals surface area contributed by atoms with Crippen LogP contribution in [0.3, 0.4) is 0 Å². The first-order chi connectivity index (χ1) is 9.72. The molecule has 0 bridgehead atoms. The number of nitrogens with two attached hydrogens (primary N) is 1. The highest BCUT2D eigenvalue weighted by molar-refractivity contribution is 5.67.